The fraction of sp³-hybridized carbons (Fsp3) is 0.500. The Morgan fingerprint density at radius 1 is 1.18 bits per heavy atom. The van der Waals surface area contributed by atoms with Crippen molar-refractivity contribution in [3.63, 3.8) is 0 Å². The average molecular weight is 365 g/mol. The van der Waals surface area contributed by atoms with Crippen LogP contribution < -0.4 is 0 Å². The fourth-order valence-electron chi connectivity index (χ4n) is 3.70. The van der Waals surface area contributed by atoms with E-state index in [-0.39, 0.29) is 18.0 Å². The highest BCUT2D eigenvalue weighted by Crippen LogP contribution is 2.43. The Bertz CT molecular complexity index is 560. The first-order valence-electron chi connectivity index (χ1n) is 7.91. The Morgan fingerprint density at radius 2 is 1.82 bits per heavy atom. The van der Waals surface area contributed by atoms with Crippen molar-refractivity contribution in [1.29, 1.82) is 0 Å². The van der Waals surface area contributed by atoms with E-state index in [9.17, 15) is 9.90 Å². The zero-order valence-electron chi connectivity index (χ0n) is 12.5. The van der Waals surface area contributed by atoms with Gasteiger partial charge in [-0.15, -0.1) is 0 Å². The minimum Gasteiger partial charge on any atom is -0.458 e. The normalized spacial score (nSPS) is 27.7. The van der Waals surface area contributed by atoms with Crippen LogP contribution in [-0.2, 0) is 9.53 Å². The molecule has 2 aliphatic rings. The van der Waals surface area contributed by atoms with E-state index in [1.807, 2.05) is 24.3 Å². The predicted molar refractivity (Wildman–Crippen MR) is 88.2 cm³/mol. The van der Waals surface area contributed by atoms with Gasteiger partial charge in [0.05, 0.1) is 12.0 Å². The lowest BCUT2D eigenvalue weighted by Crippen LogP contribution is -2.32. The van der Waals surface area contributed by atoms with Gasteiger partial charge in [-0.05, 0) is 36.5 Å². The van der Waals surface area contributed by atoms with Crippen LogP contribution in [0.4, 0.5) is 0 Å². The standard InChI is InChI=1S/C18H21BrO3/c1-11-15(16(20)12-7-9-14(19)10-8-12)17(22-18(11)21)13-5-3-2-4-6-13/h7-10,13,15-17,20H,1-6H2/t15-,16+,17-/m0/s1. The number of rotatable bonds is 3. The number of carbonyl (C=O) groups excluding carboxylic acids is 1. The number of aliphatic hydroxyl groups is 1. The summed E-state index contributed by atoms with van der Waals surface area (Å²) < 4.78 is 6.55. The zero-order valence-corrected chi connectivity index (χ0v) is 14.1. The number of ether oxygens (including phenoxy) is 1. The maximum absolute atomic E-state index is 12.0. The predicted octanol–water partition coefficient (Wildman–Crippen LogP) is 4.16. The Hall–Kier alpha value is -1.13. The molecule has 3 atom stereocenters. The molecule has 3 nitrogen and oxygen atoms in total. The van der Waals surface area contributed by atoms with E-state index in [1.165, 1.54) is 19.3 Å². The van der Waals surface area contributed by atoms with Crippen LogP contribution in [0.2, 0.25) is 0 Å². The fourth-order valence-corrected chi connectivity index (χ4v) is 3.96. The first kappa shape index (κ1) is 15.8. The Balaban J connectivity index is 1.85. The number of benzene rings is 1. The van der Waals surface area contributed by atoms with Gasteiger partial charge in [0.25, 0.3) is 0 Å². The Kier molecular flexibility index (Phi) is 4.69. The third kappa shape index (κ3) is 2.99. The van der Waals surface area contributed by atoms with Crippen LogP contribution in [0.5, 0.6) is 0 Å². The van der Waals surface area contributed by atoms with Crippen molar-refractivity contribution >= 4 is 21.9 Å². The van der Waals surface area contributed by atoms with Gasteiger partial charge in [-0.3, -0.25) is 0 Å². The van der Waals surface area contributed by atoms with Gasteiger partial charge in [-0.2, -0.15) is 0 Å². The van der Waals surface area contributed by atoms with E-state index >= 15 is 0 Å². The van der Waals surface area contributed by atoms with E-state index in [0.717, 1.165) is 22.9 Å². The van der Waals surface area contributed by atoms with Gasteiger partial charge >= 0.3 is 5.97 Å². The number of esters is 1. The molecule has 2 fully saturated rings. The molecule has 4 heteroatoms. The third-order valence-electron chi connectivity index (χ3n) is 4.93. The second-order valence-corrected chi connectivity index (χ2v) is 7.23. The lowest BCUT2D eigenvalue weighted by atomic mass is 9.76. The summed E-state index contributed by atoms with van der Waals surface area (Å²) >= 11 is 3.40. The van der Waals surface area contributed by atoms with Gasteiger partial charge in [-0.1, -0.05) is 53.9 Å². The van der Waals surface area contributed by atoms with Crippen LogP contribution in [0.3, 0.4) is 0 Å². The summed E-state index contributed by atoms with van der Waals surface area (Å²) in [5.74, 6) is -0.347. The maximum atomic E-state index is 12.0. The van der Waals surface area contributed by atoms with Crippen LogP contribution in [0.1, 0.15) is 43.8 Å². The molecule has 1 saturated carbocycles. The molecule has 1 aromatic carbocycles. The van der Waals surface area contributed by atoms with E-state index in [1.54, 1.807) is 0 Å². The van der Waals surface area contributed by atoms with E-state index in [2.05, 4.69) is 22.5 Å². The molecular formula is C18H21BrO3. The van der Waals surface area contributed by atoms with Crippen LogP contribution >= 0.6 is 15.9 Å². The number of aliphatic hydroxyl groups excluding tert-OH is 1. The molecular weight excluding hydrogens is 344 g/mol. The minimum absolute atomic E-state index is 0.237. The molecule has 118 valence electrons. The number of carbonyl (C=O) groups is 1. The molecule has 1 heterocycles. The molecule has 22 heavy (non-hydrogen) atoms. The highest BCUT2D eigenvalue weighted by molar-refractivity contribution is 9.10. The summed E-state index contributed by atoms with van der Waals surface area (Å²) in [6.07, 6.45) is 4.73. The van der Waals surface area contributed by atoms with Crippen molar-refractivity contribution in [1.82, 2.24) is 0 Å². The van der Waals surface area contributed by atoms with Crippen molar-refractivity contribution < 1.29 is 14.6 Å². The van der Waals surface area contributed by atoms with Gasteiger partial charge in [0.15, 0.2) is 0 Å². The van der Waals surface area contributed by atoms with E-state index in [4.69, 9.17) is 4.74 Å². The van der Waals surface area contributed by atoms with Gasteiger partial charge in [0, 0.05) is 10.0 Å². The Morgan fingerprint density at radius 3 is 2.45 bits per heavy atom. The Labute approximate surface area is 139 Å². The molecule has 1 aromatic rings. The number of cyclic esters (lactones) is 1. The van der Waals surface area contributed by atoms with Crippen LogP contribution in [0, 0.1) is 11.8 Å². The molecule has 0 amide bonds. The van der Waals surface area contributed by atoms with Crippen molar-refractivity contribution in [3.8, 4) is 0 Å². The monoisotopic (exact) mass is 364 g/mol. The van der Waals surface area contributed by atoms with Crippen LogP contribution in [0.15, 0.2) is 40.9 Å². The molecule has 0 radical (unpaired) electrons. The summed E-state index contributed by atoms with van der Waals surface area (Å²) in [5.41, 5.74) is 1.21. The van der Waals surface area contributed by atoms with Gasteiger partial charge in [0.1, 0.15) is 6.10 Å². The SMILES string of the molecule is C=C1C(=O)O[C@@H](C2CCCCC2)[C@@H]1[C@H](O)c1ccc(Br)cc1. The summed E-state index contributed by atoms with van der Waals surface area (Å²) in [4.78, 5) is 12.0. The molecule has 0 spiro atoms. The van der Waals surface area contributed by atoms with Gasteiger partial charge in [-0.25, -0.2) is 4.79 Å². The second-order valence-electron chi connectivity index (χ2n) is 6.32. The molecule has 1 N–H and O–H groups in total. The molecule has 0 aromatic heterocycles. The molecule has 0 unspecified atom stereocenters. The molecule has 1 saturated heterocycles. The van der Waals surface area contributed by atoms with Crippen LogP contribution in [0.25, 0.3) is 0 Å². The second kappa shape index (κ2) is 6.55. The number of hydrogen-bond acceptors (Lipinski definition) is 3. The highest BCUT2D eigenvalue weighted by Gasteiger charge is 2.46. The van der Waals surface area contributed by atoms with E-state index < -0.39 is 6.10 Å². The molecule has 0 bridgehead atoms. The highest BCUT2D eigenvalue weighted by atomic mass is 79.9. The van der Waals surface area contributed by atoms with Crippen molar-refractivity contribution in [2.24, 2.45) is 11.8 Å². The molecule has 1 aliphatic carbocycles. The first-order valence-corrected chi connectivity index (χ1v) is 8.70. The van der Waals surface area contributed by atoms with Gasteiger partial charge in [0.2, 0.25) is 0 Å². The lowest BCUT2D eigenvalue weighted by molar-refractivity contribution is -0.142. The smallest absolute Gasteiger partial charge is 0.334 e. The quantitative estimate of drug-likeness (QED) is 0.646. The van der Waals surface area contributed by atoms with Crippen molar-refractivity contribution in [3.05, 3.63) is 46.5 Å². The summed E-state index contributed by atoms with van der Waals surface area (Å²) in [7, 11) is 0. The first-order chi connectivity index (χ1) is 10.6. The summed E-state index contributed by atoms with van der Waals surface area (Å²) in [5, 5.41) is 10.8. The van der Waals surface area contributed by atoms with Crippen molar-refractivity contribution in [2.75, 3.05) is 0 Å². The largest absolute Gasteiger partial charge is 0.458 e. The number of hydrogen-bond donors (Lipinski definition) is 1. The van der Waals surface area contributed by atoms with Gasteiger partial charge < -0.3 is 9.84 Å². The topological polar surface area (TPSA) is 46.5 Å². The molecule has 1 aliphatic heterocycles. The average Bonchev–Trinajstić information content (AvgIpc) is 2.84. The summed E-state index contributed by atoms with van der Waals surface area (Å²) in [6, 6.07) is 7.55. The molecule has 3 rings (SSSR count). The van der Waals surface area contributed by atoms with E-state index in [0.29, 0.717) is 11.5 Å². The summed E-state index contributed by atoms with van der Waals surface area (Å²) in [6.45, 7) is 3.88. The lowest BCUT2D eigenvalue weighted by Gasteiger charge is -2.32. The maximum Gasteiger partial charge on any atom is 0.334 e. The van der Waals surface area contributed by atoms with Crippen LogP contribution in [-0.4, -0.2) is 17.2 Å². The number of halogens is 1. The third-order valence-corrected chi connectivity index (χ3v) is 5.46. The minimum atomic E-state index is -0.751. The van der Waals surface area contributed by atoms with Crippen molar-refractivity contribution in [2.45, 2.75) is 44.3 Å². The zero-order chi connectivity index (χ0) is 15.7.